The second-order valence-electron chi connectivity index (χ2n) is 2.62. The maximum Gasteiger partial charge on any atom is 1.00 e. The zero-order chi connectivity index (χ0) is 8.27. The van der Waals surface area contributed by atoms with Crippen molar-refractivity contribution < 1.29 is 103 Å². The van der Waals surface area contributed by atoms with Crippen LogP contribution in [0.1, 0.15) is 25.0 Å². The fourth-order valence-electron chi connectivity index (χ4n) is 1.36. The molecular formula is C10H13K2P. The van der Waals surface area contributed by atoms with Crippen molar-refractivity contribution >= 4 is 14.5 Å². The van der Waals surface area contributed by atoms with Gasteiger partial charge in [-0.3, -0.25) is 0 Å². The van der Waals surface area contributed by atoms with Gasteiger partial charge in [0.05, 0.1) is 0 Å². The van der Waals surface area contributed by atoms with Gasteiger partial charge in [0.2, 0.25) is 0 Å². The maximum atomic E-state index is 4.40. The van der Waals surface area contributed by atoms with Crippen LogP contribution in [-0.4, -0.2) is 0 Å². The Morgan fingerprint density at radius 2 is 1.69 bits per heavy atom. The number of hydrogen-bond acceptors (Lipinski definition) is 0. The van der Waals surface area contributed by atoms with Crippen LogP contribution in [0.25, 0.3) is 0 Å². The maximum absolute atomic E-state index is 4.40. The third kappa shape index (κ3) is 5.69. The number of hydrogen-bond donors (Lipinski definition) is 0. The molecule has 0 bridgehead atoms. The SMILES string of the molecule is CCc1cccc([P-2])c1CC.[K+].[K+]. The van der Waals surface area contributed by atoms with Gasteiger partial charge in [-0.05, 0) is 18.4 Å². The first-order chi connectivity index (χ1) is 5.29. The summed E-state index contributed by atoms with van der Waals surface area (Å²) in [5.74, 6) is 0. The molecule has 3 heteroatoms. The van der Waals surface area contributed by atoms with E-state index >= 15 is 0 Å². The van der Waals surface area contributed by atoms with Crippen LogP contribution in [0.2, 0.25) is 0 Å². The van der Waals surface area contributed by atoms with Crippen molar-refractivity contribution in [2.24, 2.45) is 0 Å². The molecule has 1 aromatic carbocycles. The summed E-state index contributed by atoms with van der Waals surface area (Å²) < 4.78 is 0. The van der Waals surface area contributed by atoms with Crippen molar-refractivity contribution in [2.75, 3.05) is 0 Å². The summed E-state index contributed by atoms with van der Waals surface area (Å²) in [4.78, 5) is 0. The molecule has 0 saturated carbocycles. The molecule has 0 atom stereocenters. The molecule has 60 valence electrons. The molecule has 0 spiro atoms. The fourth-order valence-corrected chi connectivity index (χ4v) is 1.75. The molecule has 1 aromatic rings. The van der Waals surface area contributed by atoms with Crippen molar-refractivity contribution in [3.05, 3.63) is 29.3 Å². The molecule has 0 unspecified atom stereocenters. The second kappa shape index (κ2) is 10.1. The molecule has 0 radical (unpaired) electrons. The molecule has 0 saturated heterocycles. The van der Waals surface area contributed by atoms with Crippen molar-refractivity contribution in [1.82, 2.24) is 0 Å². The standard InChI is InChI=1S/C10H13P.2K/c1-3-8-6-5-7-10(11)9(8)4-2;;/h5-7H,3-4H2,1-2H3;;/q-2;2*+1. The number of benzene rings is 1. The summed E-state index contributed by atoms with van der Waals surface area (Å²) >= 11 is 0. The van der Waals surface area contributed by atoms with Gasteiger partial charge in [-0.2, -0.15) is 0 Å². The van der Waals surface area contributed by atoms with Gasteiger partial charge < -0.3 is 14.5 Å². The molecule has 1 rings (SSSR count). The zero-order valence-electron chi connectivity index (χ0n) is 9.09. The Labute approximate surface area is 169 Å². The minimum atomic E-state index is 0. The van der Waals surface area contributed by atoms with Crippen LogP contribution in [-0.2, 0) is 12.8 Å². The van der Waals surface area contributed by atoms with E-state index < -0.39 is 0 Å². The van der Waals surface area contributed by atoms with Gasteiger partial charge in [-0.1, -0.05) is 26.0 Å². The Kier molecular flexibility index (Phi) is 14.2. The Morgan fingerprint density at radius 1 is 1.08 bits per heavy atom. The van der Waals surface area contributed by atoms with Gasteiger partial charge in [-0.15, -0.1) is 11.6 Å². The largest absolute Gasteiger partial charge is 1.45 e. The van der Waals surface area contributed by atoms with Crippen molar-refractivity contribution in [3.63, 3.8) is 0 Å². The minimum Gasteiger partial charge on any atom is -1.45 e. The normalized spacial score (nSPS) is 8.54. The Hall–Kier alpha value is 2.92. The Bertz CT molecular complexity index is 249. The molecule has 0 aliphatic rings. The monoisotopic (exact) mass is 242 g/mol. The summed E-state index contributed by atoms with van der Waals surface area (Å²) in [7, 11) is 4.40. The average Bonchev–Trinajstić information content (AvgIpc) is 2.04. The third-order valence-electron chi connectivity index (χ3n) is 1.98. The van der Waals surface area contributed by atoms with Crippen molar-refractivity contribution in [3.8, 4) is 0 Å². The first-order valence-electron chi connectivity index (χ1n) is 4.09. The van der Waals surface area contributed by atoms with Gasteiger partial charge in [-0.25, -0.2) is 0 Å². The van der Waals surface area contributed by atoms with E-state index in [4.69, 9.17) is 0 Å². The van der Waals surface area contributed by atoms with Crippen LogP contribution in [0, 0.1) is 0 Å². The van der Waals surface area contributed by atoms with Crippen LogP contribution in [0.4, 0.5) is 0 Å². The smallest absolute Gasteiger partial charge is 1.00 e. The van der Waals surface area contributed by atoms with E-state index in [1.807, 2.05) is 0 Å². The summed E-state index contributed by atoms with van der Waals surface area (Å²) in [6.45, 7) is 4.36. The molecule has 0 N–H and O–H groups in total. The Balaban J connectivity index is 0. The summed E-state index contributed by atoms with van der Waals surface area (Å²) in [5.41, 5.74) is 2.83. The van der Waals surface area contributed by atoms with Gasteiger partial charge in [0.1, 0.15) is 0 Å². The van der Waals surface area contributed by atoms with Gasteiger partial charge >= 0.3 is 103 Å². The predicted molar refractivity (Wildman–Crippen MR) is 51.8 cm³/mol. The third-order valence-corrected chi connectivity index (χ3v) is 2.40. The molecule has 0 fully saturated rings. The van der Waals surface area contributed by atoms with E-state index in [1.54, 1.807) is 0 Å². The molecule has 0 aliphatic heterocycles. The van der Waals surface area contributed by atoms with Crippen LogP contribution >= 0.6 is 9.24 Å². The molecule has 0 aromatic heterocycles. The van der Waals surface area contributed by atoms with Gasteiger partial charge in [0.25, 0.3) is 0 Å². The molecular weight excluding hydrogens is 229 g/mol. The first kappa shape index (κ1) is 18.3. The fraction of sp³-hybridized carbons (Fsp3) is 0.400. The topological polar surface area (TPSA) is 0 Å². The molecule has 0 amide bonds. The number of aryl methyl sites for hydroxylation is 1. The van der Waals surface area contributed by atoms with E-state index in [0.29, 0.717) is 0 Å². The molecule has 0 nitrogen and oxygen atoms in total. The quantitative estimate of drug-likeness (QED) is 0.380. The van der Waals surface area contributed by atoms with Crippen LogP contribution in [0.5, 0.6) is 0 Å². The van der Waals surface area contributed by atoms with Crippen molar-refractivity contribution in [1.29, 1.82) is 0 Å². The van der Waals surface area contributed by atoms with Crippen LogP contribution in [0.3, 0.4) is 0 Å². The van der Waals surface area contributed by atoms with Gasteiger partial charge in [0, 0.05) is 0 Å². The van der Waals surface area contributed by atoms with E-state index in [9.17, 15) is 0 Å². The first-order valence-corrected chi connectivity index (χ1v) is 4.54. The van der Waals surface area contributed by atoms with E-state index in [2.05, 4.69) is 41.3 Å². The van der Waals surface area contributed by atoms with Crippen LogP contribution < -0.4 is 108 Å². The summed E-state index contributed by atoms with van der Waals surface area (Å²) in [5, 5.41) is 1.13. The average molecular weight is 242 g/mol. The zero-order valence-corrected chi connectivity index (χ0v) is 16.2. The second-order valence-corrected chi connectivity index (χ2v) is 3.10. The molecule has 0 aliphatic carbocycles. The van der Waals surface area contributed by atoms with E-state index in [1.165, 1.54) is 11.1 Å². The number of rotatable bonds is 2. The summed E-state index contributed by atoms with van der Waals surface area (Å²) in [6, 6.07) is 6.31. The van der Waals surface area contributed by atoms with E-state index in [-0.39, 0.29) is 103 Å². The van der Waals surface area contributed by atoms with Crippen molar-refractivity contribution in [2.45, 2.75) is 26.7 Å². The van der Waals surface area contributed by atoms with Gasteiger partial charge in [0.15, 0.2) is 0 Å². The Morgan fingerprint density at radius 3 is 2.08 bits per heavy atom. The summed E-state index contributed by atoms with van der Waals surface area (Å²) in [6.07, 6.45) is 2.19. The molecule has 13 heavy (non-hydrogen) atoms. The molecule has 0 heterocycles. The van der Waals surface area contributed by atoms with Crippen LogP contribution in [0.15, 0.2) is 18.2 Å². The predicted octanol–water partition coefficient (Wildman–Crippen LogP) is -3.14. The minimum absolute atomic E-state index is 0. The van der Waals surface area contributed by atoms with E-state index in [0.717, 1.165) is 18.1 Å².